The smallest absolute Gasteiger partial charge is 0.425 e. The summed E-state index contributed by atoms with van der Waals surface area (Å²) in [5.74, 6) is -2.21. The lowest BCUT2D eigenvalue weighted by Gasteiger charge is -2.20. The van der Waals surface area contributed by atoms with Crippen LogP contribution in [0.1, 0.15) is 30.8 Å². The van der Waals surface area contributed by atoms with Crippen molar-refractivity contribution in [2.45, 2.75) is 39.3 Å². The van der Waals surface area contributed by atoms with Crippen molar-refractivity contribution in [3.63, 3.8) is 0 Å². The summed E-state index contributed by atoms with van der Waals surface area (Å²) in [5, 5.41) is 13.3. The van der Waals surface area contributed by atoms with E-state index in [0.717, 1.165) is 35.8 Å². The summed E-state index contributed by atoms with van der Waals surface area (Å²) < 4.78 is 75.3. The highest BCUT2D eigenvalue weighted by Crippen LogP contribution is 2.32. The average Bonchev–Trinajstić information content (AvgIpc) is 3.09. The minimum Gasteiger partial charge on any atom is -0.481 e. The molecule has 2 aromatic carbocycles. The standard InChI is InChI=1S/C22H19ClF5N3O3/c1-3-30-20(11-32)29-31(21(30)33)18-10-19(34-12(2)22(26,27)28)13(9-17(18)25)7-8-14-15(23)5-4-6-16(14)24/h4-10,12,32H,3,11H2,1-2H3/b8-7+/t12-/m0/s1. The zero-order chi connectivity index (χ0) is 25.2. The molecule has 0 saturated carbocycles. The number of benzene rings is 2. The van der Waals surface area contributed by atoms with Gasteiger partial charge in [-0.05, 0) is 38.1 Å². The molecule has 0 unspecified atom stereocenters. The molecule has 3 aromatic rings. The highest BCUT2D eigenvalue weighted by atomic mass is 35.5. The number of aliphatic hydroxyl groups excluding tert-OH is 1. The molecule has 6 nitrogen and oxygen atoms in total. The fourth-order valence-corrected chi connectivity index (χ4v) is 3.31. The van der Waals surface area contributed by atoms with Crippen molar-refractivity contribution in [2.75, 3.05) is 0 Å². The monoisotopic (exact) mass is 503 g/mol. The molecular weight excluding hydrogens is 485 g/mol. The van der Waals surface area contributed by atoms with E-state index in [1.165, 1.54) is 18.2 Å². The molecule has 1 atom stereocenters. The van der Waals surface area contributed by atoms with Gasteiger partial charge in [-0.25, -0.2) is 13.6 Å². The van der Waals surface area contributed by atoms with Gasteiger partial charge >= 0.3 is 11.9 Å². The first-order chi connectivity index (χ1) is 16.0. The first-order valence-corrected chi connectivity index (χ1v) is 10.3. The molecule has 0 saturated heterocycles. The Morgan fingerprint density at radius 1 is 1.21 bits per heavy atom. The van der Waals surface area contributed by atoms with E-state index < -0.39 is 47.6 Å². The summed E-state index contributed by atoms with van der Waals surface area (Å²) in [6.07, 6.45) is -4.72. The Hall–Kier alpha value is -3.18. The van der Waals surface area contributed by atoms with Crippen LogP contribution in [0.4, 0.5) is 22.0 Å². The Morgan fingerprint density at radius 3 is 2.47 bits per heavy atom. The Balaban J connectivity index is 2.17. The molecule has 0 aliphatic rings. The predicted octanol–water partition coefficient (Wildman–Crippen LogP) is 4.98. The molecule has 12 heteroatoms. The Labute approximate surface area is 195 Å². The average molecular weight is 504 g/mol. The number of aromatic nitrogens is 3. The van der Waals surface area contributed by atoms with Crippen LogP contribution in [0.3, 0.4) is 0 Å². The molecule has 0 amide bonds. The fourth-order valence-electron chi connectivity index (χ4n) is 3.08. The molecule has 1 aromatic heterocycles. The third kappa shape index (κ3) is 5.15. The van der Waals surface area contributed by atoms with E-state index in [1.54, 1.807) is 6.92 Å². The number of hydrogen-bond acceptors (Lipinski definition) is 4. The summed E-state index contributed by atoms with van der Waals surface area (Å²) >= 11 is 5.96. The third-order valence-electron chi connectivity index (χ3n) is 4.90. The van der Waals surface area contributed by atoms with Gasteiger partial charge in [0, 0.05) is 23.7 Å². The van der Waals surface area contributed by atoms with Crippen LogP contribution in [0, 0.1) is 11.6 Å². The highest BCUT2D eigenvalue weighted by molar-refractivity contribution is 6.32. The first-order valence-electron chi connectivity index (χ1n) is 9.96. The summed E-state index contributed by atoms with van der Waals surface area (Å²) in [6.45, 7) is 1.86. The zero-order valence-corrected chi connectivity index (χ0v) is 18.7. The van der Waals surface area contributed by atoms with Gasteiger partial charge < -0.3 is 9.84 Å². The van der Waals surface area contributed by atoms with Crippen LogP contribution in [0.15, 0.2) is 35.1 Å². The van der Waals surface area contributed by atoms with Gasteiger partial charge in [0.05, 0.1) is 5.02 Å². The number of rotatable bonds is 7. The van der Waals surface area contributed by atoms with Gasteiger partial charge in [0.15, 0.2) is 11.9 Å². The van der Waals surface area contributed by atoms with Crippen molar-refractivity contribution >= 4 is 23.8 Å². The number of aliphatic hydroxyl groups is 1. The van der Waals surface area contributed by atoms with E-state index in [4.69, 9.17) is 16.3 Å². The lowest BCUT2D eigenvalue weighted by molar-refractivity contribution is -0.189. The molecule has 1 heterocycles. The number of ether oxygens (including phenoxy) is 1. The minimum absolute atomic E-state index is 0.0349. The van der Waals surface area contributed by atoms with E-state index in [-0.39, 0.29) is 28.5 Å². The number of halogens is 6. The van der Waals surface area contributed by atoms with Crippen molar-refractivity contribution in [1.82, 2.24) is 14.3 Å². The molecule has 34 heavy (non-hydrogen) atoms. The summed E-state index contributed by atoms with van der Waals surface area (Å²) in [7, 11) is 0. The van der Waals surface area contributed by atoms with E-state index in [9.17, 15) is 27.5 Å². The van der Waals surface area contributed by atoms with E-state index >= 15 is 4.39 Å². The third-order valence-corrected chi connectivity index (χ3v) is 5.23. The van der Waals surface area contributed by atoms with Gasteiger partial charge in [0.25, 0.3) is 0 Å². The van der Waals surface area contributed by atoms with E-state index in [2.05, 4.69) is 5.10 Å². The molecule has 0 fully saturated rings. The lowest BCUT2D eigenvalue weighted by Crippen LogP contribution is -2.31. The lowest BCUT2D eigenvalue weighted by atomic mass is 10.1. The minimum atomic E-state index is -4.74. The maximum atomic E-state index is 15.0. The molecule has 3 rings (SSSR count). The van der Waals surface area contributed by atoms with Crippen LogP contribution < -0.4 is 10.4 Å². The molecule has 0 aliphatic heterocycles. The van der Waals surface area contributed by atoms with Crippen molar-refractivity contribution in [3.05, 3.63) is 74.4 Å². The summed E-state index contributed by atoms with van der Waals surface area (Å²) in [5.41, 5.74) is -1.52. The summed E-state index contributed by atoms with van der Waals surface area (Å²) in [4.78, 5) is 12.6. The van der Waals surface area contributed by atoms with Crippen molar-refractivity contribution in [1.29, 1.82) is 0 Å². The Kier molecular flexibility index (Phi) is 7.47. The van der Waals surface area contributed by atoms with Crippen LogP contribution in [0.2, 0.25) is 5.02 Å². The largest absolute Gasteiger partial charge is 0.481 e. The summed E-state index contributed by atoms with van der Waals surface area (Å²) in [6, 6.07) is 5.63. The topological polar surface area (TPSA) is 69.3 Å². The van der Waals surface area contributed by atoms with Gasteiger partial charge in [0.2, 0.25) is 0 Å². The second-order valence-corrected chi connectivity index (χ2v) is 7.53. The van der Waals surface area contributed by atoms with Gasteiger partial charge in [0.1, 0.15) is 29.7 Å². The fraction of sp³-hybridized carbons (Fsp3) is 0.273. The highest BCUT2D eigenvalue weighted by Gasteiger charge is 2.38. The van der Waals surface area contributed by atoms with Crippen molar-refractivity contribution in [3.8, 4) is 11.4 Å². The second-order valence-electron chi connectivity index (χ2n) is 7.12. The molecular formula is C22H19ClF5N3O3. The maximum Gasteiger partial charge on any atom is 0.425 e. The molecule has 0 bridgehead atoms. The Bertz CT molecular complexity index is 1260. The number of nitrogens with zero attached hydrogens (tertiary/aromatic N) is 3. The van der Waals surface area contributed by atoms with E-state index in [0.29, 0.717) is 4.68 Å². The van der Waals surface area contributed by atoms with Crippen LogP contribution in [-0.4, -0.2) is 31.7 Å². The maximum absolute atomic E-state index is 15.0. The normalized spacial score (nSPS) is 13.0. The second kappa shape index (κ2) is 9.98. The van der Waals surface area contributed by atoms with Crippen LogP contribution in [-0.2, 0) is 13.2 Å². The molecule has 0 radical (unpaired) electrons. The van der Waals surface area contributed by atoms with Crippen molar-refractivity contribution in [2.24, 2.45) is 0 Å². The van der Waals surface area contributed by atoms with Gasteiger partial charge in [-0.2, -0.15) is 17.9 Å². The van der Waals surface area contributed by atoms with Crippen molar-refractivity contribution < 1.29 is 31.8 Å². The Morgan fingerprint density at radius 2 is 1.91 bits per heavy atom. The van der Waals surface area contributed by atoms with Crippen LogP contribution >= 0.6 is 11.6 Å². The molecule has 1 N–H and O–H groups in total. The van der Waals surface area contributed by atoms with Crippen LogP contribution in [0.25, 0.3) is 17.8 Å². The van der Waals surface area contributed by atoms with Gasteiger partial charge in [-0.15, -0.1) is 5.10 Å². The van der Waals surface area contributed by atoms with E-state index in [1.807, 2.05) is 0 Å². The number of hydrogen-bond donors (Lipinski definition) is 1. The van der Waals surface area contributed by atoms with Crippen LogP contribution in [0.5, 0.6) is 5.75 Å². The molecule has 0 aliphatic carbocycles. The zero-order valence-electron chi connectivity index (χ0n) is 17.9. The SMILES string of the molecule is CCn1c(CO)nn(-c2cc(O[C@@H](C)C(F)(F)F)c(/C=C/c3c(F)cccc3Cl)cc2F)c1=O. The van der Waals surface area contributed by atoms with Gasteiger partial charge in [-0.3, -0.25) is 4.57 Å². The molecule has 0 spiro atoms. The number of alkyl halides is 3. The molecule has 182 valence electrons. The first kappa shape index (κ1) is 25.4. The predicted molar refractivity (Wildman–Crippen MR) is 116 cm³/mol. The van der Waals surface area contributed by atoms with Gasteiger partial charge in [-0.1, -0.05) is 23.7 Å². The quantitative estimate of drug-likeness (QED) is 0.365.